The zero-order valence-electron chi connectivity index (χ0n) is 10.7. The third-order valence-corrected chi connectivity index (χ3v) is 3.44. The first-order valence-electron chi connectivity index (χ1n) is 5.90. The molecular formula is C13H13F2N3OS. The Labute approximate surface area is 118 Å². The van der Waals surface area contributed by atoms with E-state index in [1.165, 1.54) is 24.3 Å². The van der Waals surface area contributed by atoms with Crippen molar-refractivity contribution in [2.24, 2.45) is 0 Å². The number of nitrogens with two attached hydrogens (primary N) is 1. The lowest BCUT2D eigenvalue weighted by atomic mass is 10.1. The summed E-state index contributed by atoms with van der Waals surface area (Å²) in [7, 11) is 0. The number of hydrogen-bond donors (Lipinski definition) is 2. The Morgan fingerprint density at radius 3 is 2.65 bits per heavy atom. The van der Waals surface area contributed by atoms with Crippen LogP contribution in [0.2, 0.25) is 0 Å². The molecule has 106 valence electrons. The van der Waals surface area contributed by atoms with E-state index in [1.54, 1.807) is 5.38 Å². The molecule has 1 amide bonds. The van der Waals surface area contributed by atoms with Crippen LogP contribution in [0.25, 0.3) is 0 Å². The predicted molar refractivity (Wildman–Crippen MR) is 73.1 cm³/mol. The predicted octanol–water partition coefficient (Wildman–Crippen LogP) is 2.42. The maximum Gasteiger partial charge on any atom is 0.226 e. The summed E-state index contributed by atoms with van der Waals surface area (Å²) in [5.41, 5.74) is 5.84. The van der Waals surface area contributed by atoms with Gasteiger partial charge in [0.25, 0.3) is 0 Å². The van der Waals surface area contributed by atoms with Gasteiger partial charge in [0.1, 0.15) is 11.6 Å². The van der Waals surface area contributed by atoms with Gasteiger partial charge in [0.05, 0.1) is 18.2 Å². The van der Waals surface area contributed by atoms with Crippen molar-refractivity contribution in [1.82, 2.24) is 10.3 Å². The Bertz CT molecular complexity index is 610. The smallest absolute Gasteiger partial charge is 0.226 e. The van der Waals surface area contributed by atoms with Gasteiger partial charge in [0.2, 0.25) is 5.91 Å². The molecule has 2 aromatic rings. The number of aromatic nitrogens is 1. The Hall–Kier alpha value is -2.02. The van der Waals surface area contributed by atoms with E-state index in [9.17, 15) is 13.6 Å². The van der Waals surface area contributed by atoms with Crippen molar-refractivity contribution >= 4 is 22.4 Å². The molecule has 4 nitrogen and oxygen atoms in total. The van der Waals surface area contributed by atoms with E-state index < -0.39 is 17.7 Å². The summed E-state index contributed by atoms with van der Waals surface area (Å²) in [5, 5.41) is 4.59. The Kier molecular flexibility index (Phi) is 4.29. The van der Waals surface area contributed by atoms with Crippen LogP contribution in [0.1, 0.15) is 24.2 Å². The van der Waals surface area contributed by atoms with Crippen LogP contribution in [-0.4, -0.2) is 10.9 Å². The molecule has 0 spiro atoms. The SMILES string of the molecule is CC(NC(=O)Cc1csc(N)n1)c1c(F)cccc1F. The van der Waals surface area contributed by atoms with E-state index in [2.05, 4.69) is 10.3 Å². The van der Waals surface area contributed by atoms with E-state index in [0.29, 0.717) is 10.8 Å². The number of nitrogen functional groups attached to an aromatic ring is 1. The second kappa shape index (κ2) is 5.96. The number of benzene rings is 1. The number of carbonyl (C=O) groups excluding carboxylic acids is 1. The van der Waals surface area contributed by atoms with E-state index in [4.69, 9.17) is 5.73 Å². The van der Waals surface area contributed by atoms with Crippen molar-refractivity contribution < 1.29 is 13.6 Å². The van der Waals surface area contributed by atoms with Crippen molar-refractivity contribution in [3.63, 3.8) is 0 Å². The molecule has 1 aromatic heterocycles. The quantitative estimate of drug-likeness (QED) is 0.910. The summed E-state index contributed by atoms with van der Waals surface area (Å²) in [6.45, 7) is 1.52. The van der Waals surface area contributed by atoms with Crippen LogP contribution in [0.4, 0.5) is 13.9 Å². The third-order valence-electron chi connectivity index (χ3n) is 2.72. The number of rotatable bonds is 4. The van der Waals surface area contributed by atoms with Crippen molar-refractivity contribution in [2.75, 3.05) is 5.73 Å². The fourth-order valence-electron chi connectivity index (χ4n) is 1.86. The molecule has 0 bridgehead atoms. The molecule has 0 aliphatic carbocycles. The summed E-state index contributed by atoms with van der Waals surface area (Å²) in [6.07, 6.45) is 0.0219. The summed E-state index contributed by atoms with van der Waals surface area (Å²) >= 11 is 1.23. The zero-order valence-corrected chi connectivity index (χ0v) is 11.5. The van der Waals surface area contributed by atoms with Crippen LogP contribution in [0.5, 0.6) is 0 Å². The summed E-state index contributed by atoms with van der Waals surface area (Å²) < 4.78 is 27.1. The lowest BCUT2D eigenvalue weighted by Crippen LogP contribution is -2.29. The van der Waals surface area contributed by atoms with Crippen LogP contribution >= 0.6 is 11.3 Å². The maximum atomic E-state index is 13.6. The average molecular weight is 297 g/mol. The molecule has 1 atom stereocenters. The van der Waals surface area contributed by atoms with Crippen LogP contribution in [0, 0.1) is 11.6 Å². The normalized spacial score (nSPS) is 12.2. The topological polar surface area (TPSA) is 68.0 Å². The van der Waals surface area contributed by atoms with Crippen molar-refractivity contribution in [1.29, 1.82) is 0 Å². The Morgan fingerprint density at radius 1 is 1.45 bits per heavy atom. The number of thiazole rings is 1. The van der Waals surface area contributed by atoms with Gasteiger partial charge in [-0.1, -0.05) is 6.07 Å². The highest BCUT2D eigenvalue weighted by Gasteiger charge is 2.18. The summed E-state index contributed by atoms with van der Waals surface area (Å²) in [6, 6.07) is 2.82. The van der Waals surface area contributed by atoms with Gasteiger partial charge in [-0.15, -0.1) is 11.3 Å². The number of carbonyl (C=O) groups is 1. The lowest BCUT2D eigenvalue weighted by molar-refractivity contribution is -0.121. The standard InChI is InChI=1S/C13H13F2N3OS/c1-7(12-9(14)3-2-4-10(12)15)17-11(19)5-8-6-20-13(16)18-8/h2-4,6-7H,5H2,1H3,(H2,16,18)(H,17,19). The van der Waals surface area contributed by atoms with Gasteiger partial charge >= 0.3 is 0 Å². The van der Waals surface area contributed by atoms with E-state index in [1.807, 2.05) is 0 Å². The van der Waals surface area contributed by atoms with Crippen molar-refractivity contribution in [3.05, 3.63) is 46.5 Å². The molecule has 3 N–H and O–H groups in total. The maximum absolute atomic E-state index is 13.6. The number of amides is 1. The van der Waals surface area contributed by atoms with Gasteiger partial charge in [-0.3, -0.25) is 4.79 Å². The van der Waals surface area contributed by atoms with Crippen LogP contribution < -0.4 is 11.1 Å². The molecule has 1 heterocycles. The molecule has 0 fully saturated rings. The number of hydrogen-bond acceptors (Lipinski definition) is 4. The summed E-state index contributed by atoms with van der Waals surface area (Å²) in [4.78, 5) is 15.7. The molecule has 1 aromatic carbocycles. The summed E-state index contributed by atoms with van der Waals surface area (Å²) in [5.74, 6) is -1.74. The highest BCUT2D eigenvalue weighted by molar-refractivity contribution is 7.13. The third kappa shape index (κ3) is 3.30. The van der Waals surface area contributed by atoms with Gasteiger partial charge in [-0.2, -0.15) is 0 Å². The Morgan fingerprint density at radius 2 is 2.10 bits per heavy atom. The Balaban J connectivity index is 2.04. The minimum absolute atomic E-state index is 0.0219. The zero-order chi connectivity index (χ0) is 14.7. The van der Waals surface area contributed by atoms with Gasteiger partial charge in [-0.05, 0) is 19.1 Å². The number of halogens is 2. The minimum Gasteiger partial charge on any atom is -0.375 e. The molecule has 0 radical (unpaired) electrons. The van der Waals surface area contributed by atoms with Crippen LogP contribution in [-0.2, 0) is 11.2 Å². The molecule has 0 aliphatic heterocycles. The molecule has 0 saturated heterocycles. The van der Waals surface area contributed by atoms with E-state index in [-0.39, 0.29) is 17.9 Å². The van der Waals surface area contributed by atoms with E-state index >= 15 is 0 Å². The molecular weight excluding hydrogens is 284 g/mol. The first kappa shape index (κ1) is 14.4. The second-order valence-corrected chi connectivity index (χ2v) is 5.17. The lowest BCUT2D eigenvalue weighted by Gasteiger charge is -2.15. The van der Waals surface area contributed by atoms with Gasteiger partial charge in [0.15, 0.2) is 5.13 Å². The number of nitrogens with zero attached hydrogens (tertiary/aromatic N) is 1. The highest BCUT2D eigenvalue weighted by Crippen LogP contribution is 2.20. The first-order valence-corrected chi connectivity index (χ1v) is 6.78. The van der Waals surface area contributed by atoms with E-state index in [0.717, 1.165) is 12.1 Å². The fourth-order valence-corrected chi connectivity index (χ4v) is 2.42. The monoisotopic (exact) mass is 297 g/mol. The molecule has 0 saturated carbocycles. The molecule has 20 heavy (non-hydrogen) atoms. The highest BCUT2D eigenvalue weighted by atomic mass is 32.1. The van der Waals surface area contributed by atoms with Crippen LogP contribution in [0.15, 0.2) is 23.6 Å². The molecule has 1 unspecified atom stereocenters. The fraction of sp³-hybridized carbons (Fsp3) is 0.231. The van der Waals surface area contributed by atoms with Gasteiger partial charge < -0.3 is 11.1 Å². The number of nitrogens with one attached hydrogen (secondary N) is 1. The molecule has 7 heteroatoms. The largest absolute Gasteiger partial charge is 0.375 e. The van der Waals surface area contributed by atoms with Gasteiger partial charge in [-0.25, -0.2) is 13.8 Å². The number of anilines is 1. The van der Waals surface area contributed by atoms with Crippen LogP contribution in [0.3, 0.4) is 0 Å². The molecule has 0 aliphatic rings. The second-order valence-electron chi connectivity index (χ2n) is 4.28. The first-order chi connectivity index (χ1) is 9.47. The van der Waals surface area contributed by atoms with Crippen molar-refractivity contribution in [2.45, 2.75) is 19.4 Å². The average Bonchev–Trinajstić information content (AvgIpc) is 2.74. The van der Waals surface area contributed by atoms with Crippen molar-refractivity contribution in [3.8, 4) is 0 Å². The van der Waals surface area contributed by atoms with Gasteiger partial charge in [0, 0.05) is 10.9 Å². The molecule has 2 rings (SSSR count). The minimum atomic E-state index is -0.764.